The van der Waals surface area contributed by atoms with Crippen LogP contribution in [0.25, 0.3) is 0 Å². The second kappa shape index (κ2) is 13.4. The van der Waals surface area contributed by atoms with E-state index in [1.165, 1.54) is 62.4 Å². The molecule has 192 valence electrons. The van der Waals surface area contributed by atoms with Crippen molar-refractivity contribution in [3.05, 3.63) is 0 Å². The van der Waals surface area contributed by atoms with Crippen LogP contribution in [0, 0.1) is 35.5 Å². The normalized spacial score (nSPS) is 17.8. The van der Waals surface area contributed by atoms with Crippen LogP contribution in [-0.2, 0) is 0 Å². The summed E-state index contributed by atoms with van der Waals surface area (Å²) >= 11 is 0. The summed E-state index contributed by atoms with van der Waals surface area (Å²) in [5, 5.41) is 0. The highest BCUT2D eigenvalue weighted by Gasteiger charge is 2.46. The predicted octanol–water partition coefficient (Wildman–Crippen LogP) is 8.43. The second-order valence-corrected chi connectivity index (χ2v) is 22.6. The summed E-state index contributed by atoms with van der Waals surface area (Å²) in [6.45, 7) is 35.1. The molecule has 32 heavy (non-hydrogen) atoms. The third-order valence-electron chi connectivity index (χ3n) is 7.35. The van der Waals surface area contributed by atoms with E-state index in [-0.39, 0.29) is 0 Å². The van der Waals surface area contributed by atoms with Gasteiger partial charge in [-0.1, -0.05) is 83.1 Å². The predicted molar refractivity (Wildman–Crippen MR) is 153 cm³/mol. The third kappa shape index (κ3) is 9.54. The lowest BCUT2D eigenvalue weighted by atomic mass is 10.2. The fourth-order valence-electron chi connectivity index (χ4n) is 7.49. The monoisotopic (exact) mass is 482 g/mol. The summed E-state index contributed by atoms with van der Waals surface area (Å²) < 4.78 is 6.23. The molecule has 1 heterocycles. The topological polar surface area (TPSA) is 6.48 Å². The Morgan fingerprint density at radius 1 is 0.375 bits per heavy atom. The quantitative estimate of drug-likeness (QED) is 0.229. The van der Waals surface area contributed by atoms with Crippen LogP contribution in [0.3, 0.4) is 0 Å². The fourth-order valence-corrected chi connectivity index (χ4v) is 21.5. The summed E-state index contributed by atoms with van der Waals surface area (Å²) in [5.41, 5.74) is 0. The molecule has 1 rings (SSSR count). The Bertz CT molecular complexity index is 407. The first kappa shape index (κ1) is 30.4. The highest BCUT2D eigenvalue weighted by Crippen LogP contribution is 2.39. The maximum absolute atomic E-state index is 3.11. The van der Waals surface area contributed by atoms with E-state index < -0.39 is 16.5 Å². The van der Waals surface area contributed by atoms with Gasteiger partial charge in [-0.3, -0.25) is 0 Å². The van der Waals surface area contributed by atoms with Crippen molar-refractivity contribution in [3.63, 3.8) is 0 Å². The number of piperazine rings is 1. The summed E-state index contributed by atoms with van der Waals surface area (Å²) in [4.78, 5) is 0. The minimum Gasteiger partial charge on any atom is -0.321 e. The molecule has 0 aliphatic carbocycles. The first-order valence-electron chi connectivity index (χ1n) is 14.2. The Morgan fingerprint density at radius 3 is 0.656 bits per heavy atom. The molecule has 0 amide bonds. The third-order valence-corrected chi connectivity index (χ3v) is 20.4. The Hall–Kier alpha value is 0.354. The van der Waals surface area contributed by atoms with Gasteiger partial charge in [-0.2, -0.15) is 0 Å². The van der Waals surface area contributed by atoms with Gasteiger partial charge in [0.25, 0.3) is 0 Å². The molecule has 0 spiro atoms. The Morgan fingerprint density at radius 2 is 0.531 bits per heavy atom. The molecule has 4 heteroatoms. The fraction of sp³-hybridized carbons (Fsp3) is 1.00. The van der Waals surface area contributed by atoms with Gasteiger partial charge in [-0.05, 0) is 71.8 Å². The van der Waals surface area contributed by atoms with Gasteiger partial charge in [0.1, 0.15) is 16.5 Å². The molecular weight excluding hydrogens is 420 g/mol. The van der Waals surface area contributed by atoms with Gasteiger partial charge >= 0.3 is 0 Å². The maximum Gasteiger partial charge on any atom is 0.129 e. The van der Waals surface area contributed by atoms with Gasteiger partial charge < -0.3 is 9.13 Å². The average molecular weight is 483 g/mol. The SMILES string of the molecule is CC(C)C[Si](CC(C)C)(CC(C)C)N1CCN([Si](CC(C)C)(CC(C)C)CC(C)C)CC1. The van der Waals surface area contributed by atoms with Gasteiger partial charge in [0, 0.05) is 26.2 Å². The molecule has 0 atom stereocenters. The summed E-state index contributed by atoms with van der Waals surface area (Å²) in [7, 11) is -2.89. The van der Waals surface area contributed by atoms with Crippen molar-refractivity contribution in [2.75, 3.05) is 26.2 Å². The van der Waals surface area contributed by atoms with Crippen molar-refractivity contribution in [3.8, 4) is 0 Å². The van der Waals surface area contributed by atoms with Crippen molar-refractivity contribution >= 4 is 16.5 Å². The van der Waals surface area contributed by atoms with E-state index in [9.17, 15) is 0 Å². The van der Waals surface area contributed by atoms with E-state index in [4.69, 9.17) is 0 Å². The molecule has 1 aliphatic rings. The maximum atomic E-state index is 3.11. The van der Waals surface area contributed by atoms with Crippen LogP contribution in [0.2, 0.25) is 36.3 Å². The van der Waals surface area contributed by atoms with Crippen molar-refractivity contribution in [1.29, 1.82) is 0 Å². The second-order valence-electron chi connectivity index (χ2n) is 14.0. The van der Waals surface area contributed by atoms with Crippen molar-refractivity contribution in [2.45, 2.75) is 119 Å². The van der Waals surface area contributed by atoms with E-state index in [1.807, 2.05) is 0 Å². The van der Waals surface area contributed by atoms with Crippen LogP contribution in [0.1, 0.15) is 83.1 Å². The lowest BCUT2D eigenvalue weighted by molar-refractivity contribution is 0.246. The lowest BCUT2D eigenvalue weighted by Crippen LogP contribution is -2.67. The van der Waals surface area contributed by atoms with Crippen LogP contribution in [-0.4, -0.2) is 51.8 Å². The molecule has 0 bridgehead atoms. The highest BCUT2D eigenvalue weighted by molar-refractivity contribution is 6.78. The molecule has 1 fully saturated rings. The Labute approximate surface area is 206 Å². The smallest absolute Gasteiger partial charge is 0.129 e. The zero-order valence-electron chi connectivity index (χ0n) is 24.4. The van der Waals surface area contributed by atoms with Crippen LogP contribution >= 0.6 is 0 Å². The first-order chi connectivity index (χ1) is 14.7. The van der Waals surface area contributed by atoms with E-state index in [0.717, 1.165) is 35.5 Å². The Balaban J connectivity index is 3.18. The molecule has 0 saturated carbocycles. The minimum absolute atomic E-state index is 0.827. The molecular formula is C28H62N2Si2. The van der Waals surface area contributed by atoms with Crippen LogP contribution < -0.4 is 0 Å². The molecule has 0 aromatic heterocycles. The van der Waals surface area contributed by atoms with Crippen LogP contribution in [0.15, 0.2) is 0 Å². The summed E-state index contributed by atoms with van der Waals surface area (Å²) in [6, 6.07) is 8.98. The van der Waals surface area contributed by atoms with Crippen molar-refractivity contribution < 1.29 is 0 Å². The number of nitrogens with zero attached hydrogens (tertiary/aromatic N) is 2. The van der Waals surface area contributed by atoms with Gasteiger partial charge in [0.2, 0.25) is 0 Å². The van der Waals surface area contributed by atoms with E-state index in [2.05, 4.69) is 92.2 Å². The molecule has 0 radical (unpaired) electrons. The highest BCUT2D eigenvalue weighted by atomic mass is 28.3. The van der Waals surface area contributed by atoms with Crippen LogP contribution in [0.4, 0.5) is 0 Å². The van der Waals surface area contributed by atoms with Gasteiger partial charge in [-0.25, -0.2) is 0 Å². The average Bonchev–Trinajstić information content (AvgIpc) is 2.58. The summed E-state index contributed by atoms with van der Waals surface area (Å²) in [6.07, 6.45) is 0. The molecule has 1 aliphatic heterocycles. The zero-order chi connectivity index (χ0) is 24.7. The molecule has 0 N–H and O–H groups in total. The van der Waals surface area contributed by atoms with E-state index in [0.29, 0.717) is 0 Å². The van der Waals surface area contributed by atoms with Gasteiger partial charge in [0.05, 0.1) is 0 Å². The van der Waals surface area contributed by atoms with Crippen LogP contribution in [0.5, 0.6) is 0 Å². The zero-order valence-corrected chi connectivity index (χ0v) is 26.4. The minimum atomic E-state index is -1.45. The number of rotatable bonds is 14. The largest absolute Gasteiger partial charge is 0.321 e. The van der Waals surface area contributed by atoms with E-state index in [1.54, 1.807) is 0 Å². The first-order valence-corrected chi connectivity index (χ1v) is 19.3. The Kier molecular flexibility index (Phi) is 12.8. The molecule has 0 unspecified atom stereocenters. The lowest BCUT2D eigenvalue weighted by Gasteiger charge is -2.54. The molecule has 1 saturated heterocycles. The number of hydrogen-bond acceptors (Lipinski definition) is 2. The molecule has 0 aromatic rings. The molecule has 0 aromatic carbocycles. The van der Waals surface area contributed by atoms with Crippen molar-refractivity contribution in [2.24, 2.45) is 35.5 Å². The van der Waals surface area contributed by atoms with E-state index >= 15 is 0 Å². The van der Waals surface area contributed by atoms with Gasteiger partial charge in [-0.15, -0.1) is 0 Å². The van der Waals surface area contributed by atoms with Gasteiger partial charge in [0.15, 0.2) is 0 Å². The standard InChI is InChI=1S/C28H62N2Si2/c1-23(2)17-31(18-24(3)4,19-25(5)6)29-13-15-30(16-14-29)32(20-26(7)8,21-27(9)10)22-28(11)12/h23-28H,13-22H2,1-12H3. The number of hydrogen-bond donors (Lipinski definition) is 0. The summed E-state index contributed by atoms with van der Waals surface area (Å²) in [5.74, 6) is 4.96. The van der Waals surface area contributed by atoms with Crippen molar-refractivity contribution in [1.82, 2.24) is 9.13 Å². The molecule has 2 nitrogen and oxygen atoms in total.